The van der Waals surface area contributed by atoms with E-state index < -0.39 is 15.7 Å². The maximum atomic E-state index is 11.9. The molecule has 1 unspecified atom stereocenters. The van der Waals surface area contributed by atoms with Crippen molar-refractivity contribution in [1.29, 1.82) is 0 Å². The minimum Gasteiger partial charge on any atom is -0.255 e. The van der Waals surface area contributed by atoms with Crippen LogP contribution in [0.3, 0.4) is 0 Å². The topological polar surface area (TPSA) is 49.7 Å². The van der Waals surface area contributed by atoms with Crippen LogP contribution in [0.5, 0.6) is 0 Å². The highest BCUT2D eigenvalue weighted by molar-refractivity contribution is 7.89. The van der Waals surface area contributed by atoms with Crippen LogP contribution in [0.1, 0.15) is 33.1 Å². The second-order valence-corrected chi connectivity index (χ2v) is 7.89. The number of nitrogens with zero attached hydrogens (tertiary/aromatic N) is 1. The Morgan fingerprint density at radius 2 is 2.13 bits per heavy atom. The Morgan fingerprint density at radius 3 is 2.67 bits per heavy atom. The highest BCUT2D eigenvalue weighted by atomic mass is 32.2. The van der Waals surface area contributed by atoms with E-state index >= 15 is 0 Å². The molecule has 2 saturated carbocycles. The van der Waals surface area contributed by atoms with Crippen molar-refractivity contribution in [2.75, 3.05) is 5.75 Å². The first kappa shape index (κ1) is 8.96. The molecule has 0 amide bonds. The minimum atomic E-state index is -3.12. The summed E-state index contributed by atoms with van der Waals surface area (Å²) in [5, 5.41) is 0. The van der Waals surface area contributed by atoms with Crippen LogP contribution in [0.15, 0.2) is 0 Å². The van der Waals surface area contributed by atoms with Gasteiger partial charge < -0.3 is 0 Å². The molecule has 2 aliphatic heterocycles. The van der Waals surface area contributed by atoms with Gasteiger partial charge in [0.05, 0.1) is 5.75 Å². The molecule has 0 aromatic heterocycles. The van der Waals surface area contributed by atoms with Crippen molar-refractivity contribution < 1.29 is 13.3 Å². The van der Waals surface area contributed by atoms with Crippen LogP contribution in [-0.4, -0.2) is 24.4 Å². The predicted molar refractivity (Wildman–Crippen MR) is 53.0 cm³/mol. The number of hydrogen-bond donors (Lipinski definition) is 0. The first-order valence-electron chi connectivity index (χ1n) is 5.58. The highest BCUT2D eigenvalue weighted by Gasteiger charge is 2.88. The smallest absolute Gasteiger partial charge is 0.239 e. The molecule has 4 atom stereocenters. The third kappa shape index (κ3) is 0.626. The molecule has 4 rings (SSSR count). The molecule has 0 radical (unpaired) electrons. The standard InChI is InChI=1S/C10H15NO3S/c1-8(2)7-3-4-9(8)6-15(12,13)11-10(9,5-7)14-11/h7H,3-6H2,1-2H3/t7-,9-,10-,11?/m0/s1. The maximum absolute atomic E-state index is 11.9. The van der Waals surface area contributed by atoms with Crippen molar-refractivity contribution in [2.45, 2.75) is 38.8 Å². The quantitative estimate of drug-likeness (QED) is 0.584. The molecule has 0 aromatic carbocycles. The summed E-state index contributed by atoms with van der Waals surface area (Å²) in [5.41, 5.74) is -0.424. The Hall–Kier alpha value is -0.130. The van der Waals surface area contributed by atoms with E-state index in [1.807, 2.05) is 0 Å². The summed E-state index contributed by atoms with van der Waals surface area (Å²) in [6.07, 6.45) is 3.10. The van der Waals surface area contributed by atoms with Crippen molar-refractivity contribution in [3.63, 3.8) is 0 Å². The Balaban J connectivity index is 1.99. The molecular weight excluding hydrogens is 214 g/mol. The molecule has 0 N–H and O–H groups in total. The fourth-order valence-corrected chi connectivity index (χ4v) is 7.01. The van der Waals surface area contributed by atoms with Crippen molar-refractivity contribution in [3.05, 3.63) is 0 Å². The molecule has 2 heterocycles. The molecule has 0 aromatic rings. The summed E-state index contributed by atoms with van der Waals surface area (Å²) in [5.74, 6) is 0.946. The molecule has 84 valence electrons. The second-order valence-electron chi connectivity index (χ2n) is 6.10. The number of hydroxylamine groups is 1. The largest absolute Gasteiger partial charge is 0.255 e. The maximum Gasteiger partial charge on any atom is 0.239 e. The van der Waals surface area contributed by atoms with E-state index in [2.05, 4.69) is 13.8 Å². The normalized spacial score (nSPS) is 61.5. The second kappa shape index (κ2) is 1.89. The monoisotopic (exact) mass is 229 g/mol. The zero-order chi connectivity index (χ0) is 10.7. The summed E-state index contributed by atoms with van der Waals surface area (Å²) < 4.78 is 25.1. The number of fused-ring (bicyclic) bond motifs is 1. The van der Waals surface area contributed by atoms with Crippen molar-refractivity contribution in [1.82, 2.24) is 4.47 Å². The lowest BCUT2D eigenvalue weighted by molar-refractivity contribution is 0.0724. The molecule has 15 heavy (non-hydrogen) atoms. The van der Waals surface area contributed by atoms with Gasteiger partial charge in [0, 0.05) is 5.41 Å². The van der Waals surface area contributed by atoms with Gasteiger partial charge in [0.25, 0.3) is 0 Å². The Morgan fingerprint density at radius 1 is 1.40 bits per heavy atom. The van der Waals surface area contributed by atoms with Crippen LogP contribution < -0.4 is 0 Å². The van der Waals surface area contributed by atoms with E-state index in [0.717, 1.165) is 12.8 Å². The van der Waals surface area contributed by atoms with Crippen molar-refractivity contribution in [2.24, 2.45) is 16.7 Å². The van der Waals surface area contributed by atoms with Gasteiger partial charge in [-0.25, -0.2) is 8.42 Å². The predicted octanol–water partition coefficient (Wildman–Crippen LogP) is 1.10. The molecule has 2 saturated heterocycles. The zero-order valence-electron chi connectivity index (χ0n) is 8.99. The molecular formula is C10H15NO3S. The average molecular weight is 229 g/mol. The van der Waals surface area contributed by atoms with Crippen LogP contribution >= 0.6 is 0 Å². The molecule has 2 aliphatic carbocycles. The van der Waals surface area contributed by atoms with Crippen molar-refractivity contribution in [3.8, 4) is 0 Å². The lowest BCUT2D eigenvalue weighted by Crippen LogP contribution is -2.41. The van der Waals surface area contributed by atoms with Crippen molar-refractivity contribution >= 4 is 10.0 Å². The number of hydrogen-bond acceptors (Lipinski definition) is 3. The van der Waals surface area contributed by atoms with Crippen LogP contribution in [0.4, 0.5) is 0 Å². The molecule has 4 aliphatic rings. The average Bonchev–Trinajstić information content (AvgIpc) is 2.70. The van der Waals surface area contributed by atoms with Crippen LogP contribution in [0, 0.1) is 16.7 Å². The van der Waals surface area contributed by atoms with Gasteiger partial charge in [-0.15, -0.1) is 0 Å². The minimum absolute atomic E-state index is 0.116. The van der Waals surface area contributed by atoms with Gasteiger partial charge in [-0.1, -0.05) is 13.8 Å². The van der Waals surface area contributed by atoms with Gasteiger partial charge in [-0.2, -0.15) is 0 Å². The summed E-state index contributed by atoms with van der Waals surface area (Å²) in [6, 6.07) is 0. The van der Waals surface area contributed by atoms with Gasteiger partial charge in [-0.05, 0) is 35.1 Å². The summed E-state index contributed by atoms with van der Waals surface area (Å²) in [7, 11) is -3.12. The number of rotatable bonds is 0. The fraction of sp³-hybridized carbons (Fsp3) is 1.00. The third-order valence-corrected chi connectivity index (χ3v) is 7.35. The summed E-state index contributed by atoms with van der Waals surface area (Å²) >= 11 is 0. The Kier molecular flexibility index (Phi) is 1.13. The van der Waals surface area contributed by atoms with Crippen LogP contribution in [0.2, 0.25) is 0 Å². The lowest BCUT2D eigenvalue weighted by atomic mass is 9.68. The molecule has 2 bridgehead atoms. The van der Waals surface area contributed by atoms with Gasteiger partial charge in [0.1, 0.15) is 0 Å². The van der Waals surface area contributed by atoms with E-state index in [1.54, 1.807) is 0 Å². The van der Waals surface area contributed by atoms with Gasteiger partial charge >= 0.3 is 0 Å². The van der Waals surface area contributed by atoms with E-state index in [-0.39, 0.29) is 10.8 Å². The first-order valence-corrected chi connectivity index (χ1v) is 7.19. The zero-order valence-corrected chi connectivity index (χ0v) is 9.80. The van der Waals surface area contributed by atoms with E-state index in [1.165, 1.54) is 10.9 Å². The van der Waals surface area contributed by atoms with Gasteiger partial charge in [0.2, 0.25) is 10.0 Å². The molecule has 4 nitrogen and oxygen atoms in total. The fourth-order valence-electron chi connectivity index (χ4n) is 4.59. The van der Waals surface area contributed by atoms with Crippen LogP contribution in [-0.2, 0) is 14.9 Å². The van der Waals surface area contributed by atoms with E-state index in [9.17, 15) is 8.42 Å². The van der Waals surface area contributed by atoms with Crippen LogP contribution in [0.25, 0.3) is 0 Å². The molecule has 5 heteroatoms. The third-order valence-electron chi connectivity index (χ3n) is 5.62. The highest BCUT2D eigenvalue weighted by Crippen LogP contribution is 2.80. The van der Waals surface area contributed by atoms with Gasteiger partial charge in [-0.3, -0.25) is 4.84 Å². The van der Waals surface area contributed by atoms with E-state index in [4.69, 9.17) is 4.84 Å². The molecule has 2 spiro atoms. The Bertz CT molecular complexity index is 471. The SMILES string of the molecule is CC1(C)[C@H]2CC[C@]13CS(=O)(=O)N1O[C@]13C2. The lowest BCUT2D eigenvalue weighted by Gasteiger charge is -2.36. The Labute approximate surface area is 89.6 Å². The summed E-state index contributed by atoms with van der Waals surface area (Å²) in [4.78, 5) is 5.49. The number of sulfonamides is 1. The summed E-state index contributed by atoms with van der Waals surface area (Å²) in [6.45, 7) is 4.44. The van der Waals surface area contributed by atoms with Gasteiger partial charge in [0.15, 0.2) is 5.72 Å². The first-order chi connectivity index (χ1) is 6.86. The molecule has 4 fully saturated rings. The van der Waals surface area contributed by atoms with E-state index in [0.29, 0.717) is 11.7 Å².